The number of likely N-dealkylation sites (tertiary alicyclic amines) is 1. The Hall–Kier alpha value is -2.05. The first kappa shape index (κ1) is 19.7. The zero-order valence-corrected chi connectivity index (χ0v) is 17.0. The maximum atomic E-state index is 12.6. The average Bonchev–Trinajstić information content (AvgIpc) is 3.12. The zero-order valence-electron chi connectivity index (χ0n) is 17.0. The lowest BCUT2D eigenvalue weighted by atomic mass is 9.90. The number of amides is 2. The number of hydrogen-bond acceptors (Lipinski definition) is 4. The topological polar surface area (TPSA) is 67.7 Å². The van der Waals surface area contributed by atoms with Crippen LogP contribution in [0.3, 0.4) is 0 Å². The standard InChI is InChI=1S/C20H32N4O3/c1-5-6-16(3)23-14-20(27-19(23)26)8-11-22(12-9-20)18(25)7-10-24-17(4)13-15(2)21-24/h13,16H,5-12,14H2,1-4H3/t16-/m1/s1. The van der Waals surface area contributed by atoms with Crippen LogP contribution in [0.1, 0.15) is 57.3 Å². The van der Waals surface area contributed by atoms with Crippen molar-refractivity contribution in [2.24, 2.45) is 0 Å². The number of carbonyl (C=O) groups excluding carboxylic acids is 2. The molecule has 0 N–H and O–H groups in total. The van der Waals surface area contributed by atoms with Gasteiger partial charge in [0.05, 0.1) is 12.2 Å². The van der Waals surface area contributed by atoms with Gasteiger partial charge in [0.1, 0.15) is 5.60 Å². The molecule has 1 aromatic heterocycles. The van der Waals surface area contributed by atoms with Gasteiger partial charge in [-0.05, 0) is 33.3 Å². The van der Waals surface area contributed by atoms with Crippen LogP contribution in [0.4, 0.5) is 4.79 Å². The second kappa shape index (κ2) is 7.90. The molecule has 0 radical (unpaired) electrons. The lowest BCUT2D eigenvalue weighted by Gasteiger charge is -2.37. The Labute approximate surface area is 161 Å². The summed E-state index contributed by atoms with van der Waals surface area (Å²) in [7, 11) is 0. The molecule has 0 saturated carbocycles. The van der Waals surface area contributed by atoms with Crippen LogP contribution in [0, 0.1) is 13.8 Å². The molecule has 2 aliphatic heterocycles. The maximum absolute atomic E-state index is 12.6. The van der Waals surface area contributed by atoms with Gasteiger partial charge in [0, 0.05) is 50.6 Å². The molecule has 1 aromatic rings. The third kappa shape index (κ3) is 4.28. The highest BCUT2D eigenvalue weighted by Crippen LogP contribution is 2.34. The van der Waals surface area contributed by atoms with Crippen LogP contribution in [0.15, 0.2) is 6.07 Å². The normalized spacial score (nSPS) is 20.2. The zero-order chi connectivity index (χ0) is 19.6. The molecule has 0 bridgehead atoms. The van der Waals surface area contributed by atoms with Gasteiger partial charge in [0.2, 0.25) is 5.91 Å². The highest BCUT2D eigenvalue weighted by molar-refractivity contribution is 5.76. The fourth-order valence-corrected chi connectivity index (χ4v) is 4.25. The molecule has 150 valence electrons. The second-order valence-electron chi connectivity index (χ2n) is 8.10. The minimum Gasteiger partial charge on any atom is -0.441 e. The highest BCUT2D eigenvalue weighted by Gasteiger charge is 2.48. The molecule has 2 fully saturated rings. The smallest absolute Gasteiger partial charge is 0.410 e. The van der Waals surface area contributed by atoms with E-state index in [9.17, 15) is 9.59 Å². The van der Waals surface area contributed by atoms with Crippen molar-refractivity contribution in [1.29, 1.82) is 0 Å². The first-order valence-corrected chi connectivity index (χ1v) is 10.1. The lowest BCUT2D eigenvalue weighted by molar-refractivity contribution is -0.134. The number of rotatable bonds is 6. The summed E-state index contributed by atoms with van der Waals surface area (Å²) < 4.78 is 7.67. The van der Waals surface area contributed by atoms with Gasteiger partial charge in [-0.25, -0.2) is 4.79 Å². The molecule has 3 rings (SSSR count). The Bertz CT molecular complexity index is 691. The van der Waals surface area contributed by atoms with Gasteiger partial charge in [-0.1, -0.05) is 13.3 Å². The van der Waals surface area contributed by atoms with E-state index in [0.29, 0.717) is 32.6 Å². The molecule has 1 atom stereocenters. The lowest BCUT2D eigenvalue weighted by Crippen LogP contribution is -2.49. The van der Waals surface area contributed by atoms with Gasteiger partial charge in [0.15, 0.2) is 0 Å². The van der Waals surface area contributed by atoms with Gasteiger partial charge in [-0.15, -0.1) is 0 Å². The minimum absolute atomic E-state index is 0.151. The molecule has 2 amide bonds. The van der Waals surface area contributed by atoms with Crippen molar-refractivity contribution < 1.29 is 14.3 Å². The Kier molecular flexibility index (Phi) is 5.77. The van der Waals surface area contributed by atoms with Crippen LogP contribution in [0.5, 0.6) is 0 Å². The van der Waals surface area contributed by atoms with Crippen molar-refractivity contribution in [3.8, 4) is 0 Å². The molecule has 0 unspecified atom stereocenters. The molecule has 0 aromatic carbocycles. The maximum Gasteiger partial charge on any atom is 0.410 e. The van der Waals surface area contributed by atoms with Gasteiger partial charge >= 0.3 is 6.09 Å². The van der Waals surface area contributed by atoms with E-state index in [1.807, 2.05) is 34.4 Å². The SMILES string of the molecule is CCC[C@@H](C)N1CC2(CCN(C(=O)CCn3nc(C)cc3C)CC2)OC1=O. The number of nitrogens with zero attached hydrogens (tertiary/aromatic N) is 4. The largest absolute Gasteiger partial charge is 0.441 e. The predicted molar refractivity (Wildman–Crippen MR) is 102 cm³/mol. The van der Waals surface area contributed by atoms with Crippen LogP contribution < -0.4 is 0 Å². The quantitative estimate of drug-likeness (QED) is 0.766. The summed E-state index contributed by atoms with van der Waals surface area (Å²) in [5, 5.41) is 4.42. The third-order valence-corrected chi connectivity index (χ3v) is 5.90. The van der Waals surface area contributed by atoms with Crippen molar-refractivity contribution in [2.75, 3.05) is 19.6 Å². The Morgan fingerprint density at radius 1 is 1.33 bits per heavy atom. The van der Waals surface area contributed by atoms with E-state index >= 15 is 0 Å². The van der Waals surface area contributed by atoms with Crippen molar-refractivity contribution in [3.05, 3.63) is 17.5 Å². The van der Waals surface area contributed by atoms with E-state index < -0.39 is 5.60 Å². The van der Waals surface area contributed by atoms with E-state index in [1.165, 1.54) is 0 Å². The second-order valence-corrected chi connectivity index (χ2v) is 8.10. The predicted octanol–water partition coefficient (Wildman–Crippen LogP) is 2.89. The van der Waals surface area contributed by atoms with Crippen LogP contribution in [0.2, 0.25) is 0 Å². The van der Waals surface area contributed by atoms with Crippen molar-refractivity contribution >= 4 is 12.0 Å². The summed E-state index contributed by atoms with van der Waals surface area (Å²) in [6.45, 7) is 10.7. The van der Waals surface area contributed by atoms with E-state index in [2.05, 4.69) is 18.9 Å². The summed E-state index contributed by atoms with van der Waals surface area (Å²) in [6.07, 6.45) is 3.74. The minimum atomic E-state index is -0.411. The van der Waals surface area contributed by atoms with E-state index in [1.54, 1.807) is 0 Å². The molecule has 2 aliphatic rings. The summed E-state index contributed by atoms with van der Waals surface area (Å²) in [5.74, 6) is 0.151. The van der Waals surface area contributed by atoms with Crippen molar-refractivity contribution in [2.45, 2.75) is 78.0 Å². The van der Waals surface area contributed by atoms with Crippen LogP contribution >= 0.6 is 0 Å². The first-order chi connectivity index (χ1) is 12.8. The van der Waals surface area contributed by atoms with Crippen molar-refractivity contribution in [1.82, 2.24) is 19.6 Å². The number of ether oxygens (including phenoxy) is 1. The molecule has 7 nitrogen and oxygen atoms in total. The summed E-state index contributed by atoms with van der Waals surface area (Å²) in [5.41, 5.74) is 1.65. The Morgan fingerprint density at radius 3 is 2.63 bits per heavy atom. The van der Waals surface area contributed by atoms with Crippen LogP contribution in [0.25, 0.3) is 0 Å². The molecule has 1 spiro atoms. The molecular formula is C20H32N4O3. The fraction of sp³-hybridized carbons (Fsp3) is 0.750. The summed E-state index contributed by atoms with van der Waals surface area (Å²) >= 11 is 0. The molecule has 3 heterocycles. The van der Waals surface area contributed by atoms with Gasteiger partial charge in [0.25, 0.3) is 0 Å². The van der Waals surface area contributed by atoms with Crippen LogP contribution in [-0.2, 0) is 16.1 Å². The fourth-order valence-electron chi connectivity index (χ4n) is 4.25. The Balaban J connectivity index is 1.50. The molecule has 0 aliphatic carbocycles. The van der Waals surface area contributed by atoms with Crippen molar-refractivity contribution in [3.63, 3.8) is 0 Å². The van der Waals surface area contributed by atoms with E-state index in [0.717, 1.165) is 37.1 Å². The number of hydrogen-bond donors (Lipinski definition) is 0. The van der Waals surface area contributed by atoms with Gasteiger partial charge < -0.3 is 14.5 Å². The Morgan fingerprint density at radius 2 is 2.04 bits per heavy atom. The average molecular weight is 377 g/mol. The number of piperidine rings is 1. The first-order valence-electron chi connectivity index (χ1n) is 10.1. The number of carbonyl (C=O) groups is 2. The summed E-state index contributed by atoms with van der Waals surface area (Å²) in [4.78, 5) is 28.6. The highest BCUT2D eigenvalue weighted by atomic mass is 16.6. The molecule has 27 heavy (non-hydrogen) atoms. The number of aromatic nitrogens is 2. The number of aryl methyl sites for hydroxylation is 3. The third-order valence-electron chi connectivity index (χ3n) is 5.90. The van der Waals surface area contributed by atoms with Gasteiger partial charge in [-0.3, -0.25) is 9.48 Å². The van der Waals surface area contributed by atoms with Crippen LogP contribution in [-0.4, -0.2) is 62.9 Å². The summed E-state index contributed by atoms with van der Waals surface area (Å²) in [6, 6.07) is 2.23. The molecule has 2 saturated heterocycles. The molecular weight excluding hydrogens is 344 g/mol. The van der Waals surface area contributed by atoms with Gasteiger partial charge in [-0.2, -0.15) is 5.10 Å². The monoisotopic (exact) mass is 376 g/mol. The van der Waals surface area contributed by atoms with E-state index in [4.69, 9.17) is 4.74 Å². The molecule has 7 heteroatoms. The van der Waals surface area contributed by atoms with E-state index in [-0.39, 0.29) is 18.0 Å².